The first kappa shape index (κ1) is 55.7. The zero-order valence-electron chi connectivity index (χ0n) is 47.1. The fourth-order valence-corrected chi connectivity index (χ4v) is 14.5. The molecule has 0 radical (unpaired) electrons. The van der Waals surface area contributed by atoms with Gasteiger partial charge < -0.3 is 10.3 Å². The summed E-state index contributed by atoms with van der Waals surface area (Å²) in [7, 11) is 0. The Morgan fingerprint density at radius 3 is 1.94 bits per heavy atom. The molecule has 3 aliphatic rings. The number of unbranched alkanes of at least 4 members (excludes halogenated alkanes) is 10. The van der Waals surface area contributed by atoms with Gasteiger partial charge in [0.2, 0.25) is 5.52 Å². The van der Waals surface area contributed by atoms with Gasteiger partial charge >= 0.3 is 0 Å². The number of hydrogen-bond donors (Lipinski definition) is 0. The van der Waals surface area contributed by atoms with Crippen LogP contribution in [0.5, 0.6) is 0 Å². The van der Waals surface area contributed by atoms with Gasteiger partial charge in [0.15, 0.2) is 12.3 Å². The van der Waals surface area contributed by atoms with Crippen LogP contribution in [0.1, 0.15) is 201 Å². The molecule has 0 unspecified atom stereocenters. The second-order valence-electron chi connectivity index (χ2n) is 22.5. The molecule has 5 aromatic carbocycles. The van der Waals surface area contributed by atoms with E-state index in [1.54, 1.807) is 23.1 Å². The summed E-state index contributed by atoms with van der Waals surface area (Å²) in [5.41, 5.74) is 16.4. The highest BCUT2D eigenvalue weighted by molar-refractivity contribution is 8.03. The van der Waals surface area contributed by atoms with Gasteiger partial charge in [0.25, 0.3) is 5.01 Å². The van der Waals surface area contributed by atoms with E-state index in [2.05, 4.69) is 161 Å². The summed E-state index contributed by atoms with van der Waals surface area (Å²) >= 11 is 3.31. The molecule has 77 heavy (non-hydrogen) atoms. The molecule has 0 saturated carbocycles. The van der Waals surface area contributed by atoms with E-state index in [-0.39, 0.29) is 16.8 Å². The first-order valence-corrected chi connectivity index (χ1v) is 31.0. The average molecular weight is 1060 g/mol. The van der Waals surface area contributed by atoms with E-state index < -0.39 is 0 Å². The molecule has 398 valence electrons. The molecule has 1 aliphatic heterocycles. The number of ketones is 1. The molecule has 0 amide bonds. The van der Waals surface area contributed by atoms with Crippen molar-refractivity contribution in [2.75, 3.05) is 11.4 Å². The van der Waals surface area contributed by atoms with Crippen molar-refractivity contribution >= 4 is 56.7 Å². The molecule has 2 heterocycles. The summed E-state index contributed by atoms with van der Waals surface area (Å²) in [5, 5.41) is 22.5. The molecule has 0 spiro atoms. The van der Waals surface area contributed by atoms with Crippen LogP contribution in [0.3, 0.4) is 0 Å². The predicted molar refractivity (Wildman–Crippen MR) is 327 cm³/mol. The normalized spacial score (nSPS) is 15.4. The van der Waals surface area contributed by atoms with Gasteiger partial charge in [0.05, 0.1) is 16.3 Å². The van der Waals surface area contributed by atoms with Crippen molar-refractivity contribution in [2.24, 2.45) is 0 Å². The van der Waals surface area contributed by atoms with Gasteiger partial charge in [-0.05, 0) is 131 Å². The maximum absolute atomic E-state index is 14.4. The number of fused-ring (bicyclic) bond motifs is 5. The first-order valence-electron chi connectivity index (χ1n) is 29.3. The Balaban J connectivity index is 1.02. The summed E-state index contributed by atoms with van der Waals surface area (Å²) in [6.07, 6.45) is 23.6. The van der Waals surface area contributed by atoms with Gasteiger partial charge in [-0.2, -0.15) is 9.83 Å². The van der Waals surface area contributed by atoms with Gasteiger partial charge in [-0.15, -0.1) is 0 Å². The van der Waals surface area contributed by atoms with Gasteiger partial charge in [0, 0.05) is 52.1 Å². The van der Waals surface area contributed by atoms with E-state index in [0.29, 0.717) is 28.6 Å². The SMILES string of the molecule is CCCCCCc1cc(CCCCCC)cc(C2(CCCCCC[n+]3c(/C=C4\C(=O)C(/C=C5\Sc6ccccc6N5CCCC)=C4C(=C=[N-])C#N)sc4ccccc43)c3cc(C(C)C)ccc3-c3ccc(C(C)C)cc32)c1. The van der Waals surface area contributed by atoms with Crippen LogP contribution in [0.2, 0.25) is 0 Å². The van der Waals surface area contributed by atoms with E-state index in [4.69, 9.17) is 0 Å². The number of thiazole rings is 1. The second-order valence-corrected chi connectivity index (χ2v) is 24.7. The van der Waals surface area contributed by atoms with Crippen LogP contribution in [0, 0.1) is 11.3 Å². The number of carbonyl (C=O) groups is 1. The standard InChI is InChI=1S/C70H80N4OS2/c1-8-11-14-18-26-50-39-51(27-19-15-12-9-2)41-55(40-50)70(60-42-52(48(4)5)32-34-56(60)57-35-33-53(49(6)7)43-61(57)70)36-24-16-17-25-38-74-63-29-21-23-31-65(63)77-67(74)45-59-68(54(46-71)47-72)58(69(59)75)44-66-73(37-13-10-3)62-28-20-22-30-64(62)76-66/h20-23,28-35,39-45,48-49H,8-19,24-27,36-38H2,1-7H3. The summed E-state index contributed by atoms with van der Waals surface area (Å²) in [6, 6.07) is 41.6. The van der Waals surface area contributed by atoms with Crippen molar-refractivity contribution in [2.45, 2.75) is 186 Å². The summed E-state index contributed by atoms with van der Waals surface area (Å²) < 4.78 is 3.51. The topological polar surface area (TPSA) is 70.3 Å². The highest BCUT2D eigenvalue weighted by Gasteiger charge is 2.45. The molecular formula is C70H80N4OS2. The minimum Gasteiger partial charge on any atom is -0.762 e. The largest absolute Gasteiger partial charge is 0.762 e. The number of anilines is 1. The molecule has 0 atom stereocenters. The van der Waals surface area contributed by atoms with Crippen molar-refractivity contribution in [3.8, 4) is 17.2 Å². The minimum absolute atomic E-state index is 0.0241. The Bertz CT molecular complexity index is 3230. The monoisotopic (exact) mass is 1060 g/mol. The number of Topliss-reactive ketones (excluding diaryl/α,β-unsaturated/α-hetero) is 1. The van der Waals surface area contributed by atoms with Crippen LogP contribution in [0.25, 0.3) is 32.8 Å². The molecule has 7 heteroatoms. The van der Waals surface area contributed by atoms with Gasteiger partial charge in [-0.1, -0.05) is 208 Å². The second kappa shape index (κ2) is 25.6. The smallest absolute Gasteiger partial charge is 0.263 e. The number of nitrogens with zero attached hydrogens (tertiary/aromatic N) is 4. The van der Waals surface area contributed by atoms with Crippen molar-refractivity contribution in [3.05, 3.63) is 186 Å². The third-order valence-corrected chi connectivity index (χ3v) is 18.8. The Hall–Kier alpha value is -6.03. The molecule has 0 saturated heterocycles. The highest BCUT2D eigenvalue weighted by Crippen LogP contribution is 2.57. The molecule has 5 nitrogen and oxygen atoms in total. The lowest BCUT2D eigenvalue weighted by molar-refractivity contribution is -0.669. The van der Waals surface area contributed by atoms with Gasteiger partial charge in [-0.25, -0.2) is 5.87 Å². The molecular weight excluding hydrogens is 977 g/mol. The predicted octanol–water partition coefficient (Wildman–Crippen LogP) is 18.9. The zero-order chi connectivity index (χ0) is 54.1. The highest BCUT2D eigenvalue weighted by atomic mass is 32.2. The Morgan fingerprint density at radius 1 is 0.701 bits per heavy atom. The third-order valence-electron chi connectivity index (χ3n) is 16.5. The van der Waals surface area contributed by atoms with Gasteiger partial charge in [0.1, 0.15) is 10.8 Å². The first-order chi connectivity index (χ1) is 37.5. The lowest BCUT2D eigenvalue weighted by Gasteiger charge is -2.35. The molecule has 0 fully saturated rings. The number of para-hydroxylation sites is 2. The summed E-state index contributed by atoms with van der Waals surface area (Å²) in [6.45, 7) is 17.8. The summed E-state index contributed by atoms with van der Waals surface area (Å²) in [4.78, 5) is 17.8. The number of aryl methyl sites for hydroxylation is 3. The van der Waals surface area contributed by atoms with Crippen molar-refractivity contribution in [3.63, 3.8) is 0 Å². The maximum Gasteiger partial charge on any atom is 0.263 e. The van der Waals surface area contributed by atoms with Crippen LogP contribution < -0.4 is 9.47 Å². The molecule has 0 N–H and O–H groups in total. The molecule has 0 bridgehead atoms. The summed E-state index contributed by atoms with van der Waals surface area (Å²) in [5.74, 6) is 2.87. The maximum atomic E-state index is 14.4. The number of allylic oxidation sites excluding steroid dienone is 5. The van der Waals surface area contributed by atoms with Gasteiger partial charge in [-0.3, -0.25) is 4.79 Å². The lowest BCUT2D eigenvalue weighted by Crippen LogP contribution is -2.35. The Kier molecular flexibility index (Phi) is 18.5. The molecule has 6 aromatic rings. The van der Waals surface area contributed by atoms with E-state index in [1.165, 1.54) is 101 Å². The van der Waals surface area contributed by atoms with Crippen molar-refractivity contribution in [1.29, 1.82) is 5.26 Å². The van der Waals surface area contributed by atoms with Crippen molar-refractivity contribution in [1.82, 2.24) is 0 Å². The van der Waals surface area contributed by atoms with Crippen LogP contribution in [0.4, 0.5) is 5.69 Å². The molecule has 9 rings (SSSR count). The van der Waals surface area contributed by atoms with Crippen LogP contribution >= 0.6 is 23.1 Å². The van der Waals surface area contributed by atoms with Crippen LogP contribution in [-0.4, -0.2) is 18.2 Å². The molecule has 1 aromatic heterocycles. The zero-order valence-corrected chi connectivity index (χ0v) is 48.7. The lowest BCUT2D eigenvalue weighted by atomic mass is 9.67. The fraction of sp³-hybridized carbons (Fsp3) is 0.414. The minimum atomic E-state index is -0.262. The average Bonchev–Trinajstić information content (AvgIpc) is 4.21. The molecule has 2 aliphatic carbocycles. The quantitative estimate of drug-likeness (QED) is 0.0178. The number of nitriles is 1. The number of hydrogen-bond acceptors (Lipinski definition) is 5. The van der Waals surface area contributed by atoms with Crippen molar-refractivity contribution < 1.29 is 9.36 Å². The van der Waals surface area contributed by atoms with E-state index >= 15 is 0 Å². The number of thioether (sulfide) groups is 1. The van der Waals surface area contributed by atoms with E-state index in [9.17, 15) is 15.5 Å². The number of carbonyl (C=O) groups excluding carboxylic acids is 1. The third kappa shape index (κ3) is 11.7. The fourth-order valence-electron chi connectivity index (χ4n) is 12.2. The number of benzene rings is 5. The van der Waals surface area contributed by atoms with E-state index in [0.717, 1.165) is 102 Å². The number of aromatic nitrogens is 1. The van der Waals surface area contributed by atoms with E-state index in [1.807, 2.05) is 24.3 Å². The number of rotatable bonds is 26. The Morgan fingerprint density at radius 2 is 1.31 bits per heavy atom. The van der Waals surface area contributed by atoms with Crippen LogP contribution in [-0.2, 0) is 29.6 Å². The van der Waals surface area contributed by atoms with Crippen LogP contribution in [0.15, 0.2) is 141 Å². The Labute approximate surface area is 469 Å².